The molecule has 0 unspecified atom stereocenters. The summed E-state index contributed by atoms with van der Waals surface area (Å²) in [6.07, 6.45) is 1.45. The first-order valence-corrected chi connectivity index (χ1v) is 12.2. The molecular weight excluding hydrogens is 456 g/mol. The van der Waals surface area contributed by atoms with Crippen molar-refractivity contribution in [3.63, 3.8) is 0 Å². The number of carbonyl (C=O) groups is 2. The minimum atomic E-state index is -3.89. The lowest BCUT2D eigenvalue weighted by Crippen LogP contribution is -2.31. The summed E-state index contributed by atoms with van der Waals surface area (Å²) in [6.45, 7) is 7.00. The maximum Gasteiger partial charge on any atom is 0.338 e. The number of amides is 1. The van der Waals surface area contributed by atoms with Crippen molar-refractivity contribution < 1.29 is 27.2 Å². The first kappa shape index (κ1) is 25.2. The Hall–Kier alpha value is -3.43. The molecule has 1 atom stereocenters. The molecule has 0 fully saturated rings. The smallest absolute Gasteiger partial charge is 0.338 e. The number of ether oxygens (including phenoxy) is 1. The standard InChI is InChI=1S/C25H28N2O6S/c1-16-7-9-20(12-18(16)3)19(4)27-24(28)15-33-25(29)23-13-22(10-8-17(23)2)34(30,31)26-14-21-6-5-11-32-21/h5-13,19,26H,14-15H2,1-4H3,(H,27,28)/t19-/m1/s1. The van der Waals surface area contributed by atoms with E-state index in [9.17, 15) is 18.0 Å². The van der Waals surface area contributed by atoms with E-state index in [4.69, 9.17) is 9.15 Å². The topological polar surface area (TPSA) is 115 Å². The molecule has 1 aromatic heterocycles. The van der Waals surface area contributed by atoms with Crippen molar-refractivity contribution >= 4 is 21.9 Å². The fraction of sp³-hybridized carbons (Fsp3) is 0.280. The van der Waals surface area contributed by atoms with Crippen molar-refractivity contribution in [2.45, 2.75) is 45.2 Å². The van der Waals surface area contributed by atoms with E-state index in [1.165, 1.54) is 24.5 Å². The van der Waals surface area contributed by atoms with Gasteiger partial charge in [-0.1, -0.05) is 24.3 Å². The van der Waals surface area contributed by atoms with Crippen LogP contribution in [0.15, 0.2) is 64.1 Å². The Labute approximate surface area is 199 Å². The highest BCUT2D eigenvalue weighted by molar-refractivity contribution is 7.89. The van der Waals surface area contributed by atoms with Gasteiger partial charge in [0.15, 0.2) is 6.61 Å². The van der Waals surface area contributed by atoms with E-state index in [2.05, 4.69) is 10.0 Å². The second-order valence-corrected chi connectivity index (χ2v) is 9.86. The van der Waals surface area contributed by atoms with Gasteiger partial charge in [0, 0.05) is 0 Å². The molecule has 0 saturated heterocycles. The Morgan fingerprint density at radius 2 is 1.74 bits per heavy atom. The summed E-state index contributed by atoms with van der Waals surface area (Å²) in [6, 6.07) is 13.1. The molecule has 8 nitrogen and oxygen atoms in total. The second kappa shape index (κ2) is 10.7. The van der Waals surface area contributed by atoms with Crippen molar-refractivity contribution in [2.24, 2.45) is 0 Å². The maximum absolute atomic E-state index is 12.6. The average Bonchev–Trinajstić information content (AvgIpc) is 3.32. The number of esters is 1. The van der Waals surface area contributed by atoms with Crippen LogP contribution >= 0.6 is 0 Å². The molecule has 0 aliphatic carbocycles. The second-order valence-electron chi connectivity index (χ2n) is 8.09. The van der Waals surface area contributed by atoms with Gasteiger partial charge in [0.25, 0.3) is 5.91 Å². The number of nitrogens with one attached hydrogen (secondary N) is 2. The number of benzene rings is 2. The van der Waals surface area contributed by atoms with E-state index in [0.29, 0.717) is 11.3 Å². The fourth-order valence-electron chi connectivity index (χ4n) is 3.26. The van der Waals surface area contributed by atoms with Crippen LogP contribution < -0.4 is 10.0 Å². The van der Waals surface area contributed by atoms with Crippen LogP contribution in [0.3, 0.4) is 0 Å². The van der Waals surface area contributed by atoms with Gasteiger partial charge in [-0.3, -0.25) is 4.79 Å². The van der Waals surface area contributed by atoms with Crippen LogP contribution in [0, 0.1) is 20.8 Å². The predicted octanol–water partition coefficient (Wildman–Crippen LogP) is 3.72. The quantitative estimate of drug-likeness (QED) is 0.448. The Morgan fingerprint density at radius 3 is 2.41 bits per heavy atom. The highest BCUT2D eigenvalue weighted by Gasteiger charge is 2.20. The van der Waals surface area contributed by atoms with E-state index in [1.54, 1.807) is 19.1 Å². The summed E-state index contributed by atoms with van der Waals surface area (Å²) < 4.78 is 37.9. The molecule has 34 heavy (non-hydrogen) atoms. The van der Waals surface area contributed by atoms with Gasteiger partial charge in [-0.25, -0.2) is 17.9 Å². The minimum absolute atomic E-state index is 0.0259. The van der Waals surface area contributed by atoms with E-state index in [-0.39, 0.29) is 23.0 Å². The van der Waals surface area contributed by atoms with Crippen LogP contribution in [0.2, 0.25) is 0 Å². The summed E-state index contributed by atoms with van der Waals surface area (Å²) in [5, 5.41) is 2.80. The van der Waals surface area contributed by atoms with Gasteiger partial charge in [0.1, 0.15) is 5.76 Å². The van der Waals surface area contributed by atoms with Crippen LogP contribution in [0.1, 0.15) is 51.3 Å². The van der Waals surface area contributed by atoms with E-state index in [1.807, 2.05) is 39.0 Å². The molecule has 0 bridgehead atoms. The molecule has 3 aromatic rings. The zero-order valence-electron chi connectivity index (χ0n) is 19.5. The number of furan rings is 1. The summed E-state index contributed by atoms with van der Waals surface area (Å²) >= 11 is 0. The van der Waals surface area contributed by atoms with Gasteiger partial charge in [0.05, 0.1) is 29.3 Å². The molecule has 0 spiro atoms. The van der Waals surface area contributed by atoms with Gasteiger partial charge in [-0.05, 0) is 74.2 Å². The molecular formula is C25H28N2O6S. The Bertz CT molecular complexity index is 1280. The van der Waals surface area contributed by atoms with Crippen LogP contribution in [0.25, 0.3) is 0 Å². The zero-order chi connectivity index (χ0) is 24.9. The van der Waals surface area contributed by atoms with Crippen LogP contribution in [-0.2, 0) is 26.1 Å². The highest BCUT2D eigenvalue weighted by atomic mass is 32.2. The van der Waals surface area contributed by atoms with Crippen molar-refractivity contribution in [1.82, 2.24) is 10.0 Å². The highest BCUT2D eigenvalue weighted by Crippen LogP contribution is 2.18. The Balaban J connectivity index is 1.61. The number of hydrogen-bond donors (Lipinski definition) is 2. The van der Waals surface area contributed by atoms with Gasteiger partial charge in [-0.15, -0.1) is 0 Å². The number of rotatable bonds is 9. The number of aryl methyl sites for hydroxylation is 3. The van der Waals surface area contributed by atoms with Crippen molar-refractivity contribution in [3.05, 3.63) is 88.4 Å². The molecule has 2 N–H and O–H groups in total. The molecule has 180 valence electrons. The minimum Gasteiger partial charge on any atom is -0.468 e. The van der Waals surface area contributed by atoms with Gasteiger partial charge in [0.2, 0.25) is 10.0 Å². The van der Waals surface area contributed by atoms with Crippen molar-refractivity contribution in [3.8, 4) is 0 Å². The van der Waals surface area contributed by atoms with E-state index >= 15 is 0 Å². The SMILES string of the molecule is Cc1ccc([C@@H](C)NC(=O)COC(=O)c2cc(S(=O)(=O)NCc3ccco3)ccc2C)cc1C. The van der Waals surface area contributed by atoms with Gasteiger partial charge in [-0.2, -0.15) is 0 Å². The molecule has 0 aliphatic rings. The predicted molar refractivity (Wildman–Crippen MR) is 127 cm³/mol. The number of hydrogen-bond acceptors (Lipinski definition) is 6. The molecule has 3 rings (SSSR count). The van der Waals surface area contributed by atoms with Crippen LogP contribution in [-0.4, -0.2) is 26.9 Å². The average molecular weight is 485 g/mol. The largest absolute Gasteiger partial charge is 0.468 e. The van der Waals surface area contributed by atoms with Crippen LogP contribution in [0.5, 0.6) is 0 Å². The maximum atomic E-state index is 12.6. The first-order chi connectivity index (χ1) is 16.1. The monoisotopic (exact) mass is 484 g/mol. The van der Waals surface area contributed by atoms with Gasteiger partial charge < -0.3 is 14.5 Å². The third kappa shape index (κ3) is 6.33. The third-order valence-electron chi connectivity index (χ3n) is 5.50. The summed E-state index contributed by atoms with van der Waals surface area (Å²) in [4.78, 5) is 24.8. The van der Waals surface area contributed by atoms with Crippen molar-refractivity contribution in [2.75, 3.05) is 6.61 Å². The molecule has 2 aromatic carbocycles. The van der Waals surface area contributed by atoms with E-state index < -0.39 is 28.5 Å². The molecule has 0 radical (unpaired) electrons. The molecule has 1 heterocycles. The molecule has 0 aliphatic heterocycles. The summed E-state index contributed by atoms with van der Waals surface area (Å²) in [5.41, 5.74) is 3.81. The normalized spacial score (nSPS) is 12.2. The van der Waals surface area contributed by atoms with E-state index in [0.717, 1.165) is 16.7 Å². The lowest BCUT2D eigenvalue weighted by Gasteiger charge is -2.16. The molecule has 9 heteroatoms. The lowest BCUT2D eigenvalue weighted by molar-refractivity contribution is -0.124. The molecule has 1 amide bonds. The Kier molecular flexibility index (Phi) is 7.90. The lowest BCUT2D eigenvalue weighted by atomic mass is 10.0. The number of sulfonamides is 1. The summed E-state index contributed by atoms with van der Waals surface area (Å²) in [5.74, 6) is -0.786. The first-order valence-electron chi connectivity index (χ1n) is 10.7. The third-order valence-corrected chi connectivity index (χ3v) is 6.90. The molecule has 0 saturated carbocycles. The van der Waals surface area contributed by atoms with Crippen molar-refractivity contribution in [1.29, 1.82) is 0 Å². The number of carbonyl (C=O) groups excluding carboxylic acids is 2. The van der Waals surface area contributed by atoms with Crippen LogP contribution in [0.4, 0.5) is 0 Å². The summed E-state index contributed by atoms with van der Waals surface area (Å²) in [7, 11) is -3.89. The Morgan fingerprint density at radius 1 is 1.00 bits per heavy atom. The zero-order valence-corrected chi connectivity index (χ0v) is 20.4. The fourth-order valence-corrected chi connectivity index (χ4v) is 4.28. The van der Waals surface area contributed by atoms with Gasteiger partial charge >= 0.3 is 5.97 Å².